The van der Waals surface area contributed by atoms with E-state index in [0.717, 1.165) is 24.2 Å². The number of hydrogen-bond donors (Lipinski definition) is 2. The number of hydrogen-bond acceptors (Lipinski definition) is 3. The molecule has 1 aromatic rings. The Labute approximate surface area is 173 Å². The molecular weight excluding hydrogens is 366 g/mol. The Bertz CT molecular complexity index is 777. The molecule has 3 atom stereocenters. The van der Waals surface area contributed by atoms with E-state index in [4.69, 9.17) is 0 Å². The maximum absolute atomic E-state index is 13.1. The fourth-order valence-corrected chi connectivity index (χ4v) is 5.21. The standard InChI is InChI=1S/C23H33N3O3/c1-16-12-22(3,4)15-23(13-16)20(28)26(21(29)25-23)14-19(27)24-17(2)10-11-18-8-6-5-7-9-18/h5-9,16-17H,10-15H2,1-4H3,(H,24,27)(H,25,29). The van der Waals surface area contributed by atoms with Crippen molar-refractivity contribution in [2.45, 2.75) is 71.4 Å². The topological polar surface area (TPSA) is 78.5 Å². The van der Waals surface area contributed by atoms with E-state index < -0.39 is 11.6 Å². The van der Waals surface area contributed by atoms with Crippen molar-refractivity contribution < 1.29 is 14.4 Å². The van der Waals surface area contributed by atoms with Crippen LogP contribution in [-0.4, -0.2) is 40.9 Å². The SMILES string of the molecule is CC1CC(C)(C)CC2(C1)NC(=O)N(CC(=O)NC(C)CCc1ccccc1)C2=O. The normalized spacial score (nSPS) is 27.0. The Morgan fingerprint density at radius 1 is 1.24 bits per heavy atom. The average Bonchev–Trinajstić information content (AvgIpc) is 2.82. The second-order valence-electron chi connectivity index (χ2n) is 9.75. The van der Waals surface area contributed by atoms with E-state index in [-0.39, 0.29) is 29.8 Å². The minimum Gasteiger partial charge on any atom is -0.352 e. The van der Waals surface area contributed by atoms with Crippen molar-refractivity contribution in [1.82, 2.24) is 15.5 Å². The molecule has 2 fully saturated rings. The van der Waals surface area contributed by atoms with Crippen molar-refractivity contribution in [2.75, 3.05) is 6.54 Å². The number of amides is 4. The molecule has 1 heterocycles. The largest absolute Gasteiger partial charge is 0.352 e. The maximum Gasteiger partial charge on any atom is 0.325 e. The van der Waals surface area contributed by atoms with Crippen LogP contribution >= 0.6 is 0 Å². The molecular formula is C23H33N3O3. The van der Waals surface area contributed by atoms with Gasteiger partial charge in [0, 0.05) is 6.04 Å². The molecule has 1 spiro atoms. The number of nitrogens with zero attached hydrogens (tertiary/aromatic N) is 1. The number of imide groups is 1. The molecule has 0 bridgehead atoms. The molecule has 158 valence electrons. The van der Waals surface area contributed by atoms with Crippen molar-refractivity contribution >= 4 is 17.8 Å². The molecule has 3 rings (SSSR count). The Kier molecular flexibility index (Phi) is 6.01. The highest BCUT2D eigenvalue weighted by atomic mass is 16.2. The third-order valence-corrected chi connectivity index (χ3v) is 6.04. The van der Waals surface area contributed by atoms with E-state index in [1.54, 1.807) is 0 Å². The molecule has 2 N–H and O–H groups in total. The molecule has 3 unspecified atom stereocenters. The van der Waals surface area contributed by atoms with Gasteiger partial charge in [-0.2, -0.15) is 0 Å². The van der Waals surface area contributed by atoms with E-state index >= 15 is 0 Å². The van der Waals surface area contributed by atoms with Gasteiger partial charge in [0.25, 0.3) is 5.91 Å². The van der Waals surface area contributed by atoms with Crippen molar-refractivity contribution in [2.24, 2.45) is 11.3 Å². The number of carbonyl (C=O) groups excluding carboxylic acids is 3. The predicted octanol–water partition coefficient (Wildman–Crippen LogP) is 3.26. The van der Waals surface area contributed by atoms with Gasteiger partial charge in [-0.05, 0) is 55.9 Å². The molecule has 1 saturated heterocycles. The van der Waals surface area contributed by atoms with E-state index in [9.17, 15) is 14.4 Å². The average molecular weight is 400 g/mol. The van der Waals surface area contributed by atoms with Crippen molar-refractivity contribution in [3.63, 3.8) is 0 Å². The summed E-state index contributed by atoms with van der Waals surface area (Å²) in [5.41, 5.74) is 0.334. The van der Waals surface area contributed by atoms with Gasteiger partial charge in [-0.15, -0.1) is 0 Å². The quantitative estimate of drug-likeness (QED) is 0.721. The molecule has 1 aromatic carbocycles. The maximum atomic E-state index is 13.1. The van der Waals surface area contributed by atoms with Crippen LogP contribution in [0, 0.1) is 11.3 Å². The third-order valence-electron chi connectivity index (χ3n) is 6.04. The van der Waals surface area contributed by atoms with Crippen LogP contribution in [0.25, 0.3) is 0 Å². The Balaban J connectivity index is 1.56. The van der Waals surface area contributed by atoms with Crippen LogP contribution in [0.3, 0.4) is 0 Å². The summed E-state index contributed by atoms with van der Waals surface area (Å²) in [5.74, 6) is -0.210. The zero-order valence-corrected chi connectivity index (χ0v) is 18.0. The highest BCUT2D eigenvalue weighted by molar-refractivity contribution is 6.09. The molecule has 6 nitrogen and oxygen atoms in total. The second-order valence-corrected chi connectivity index (χ2v) is 9.75. The summed E-state index contributed by atoms with van der Waals surface area (Å²) in [5, 5.41) is 5.84. The van der Waals surface area contributed by atoms with Crippen LogP contribution in [0.5, 0.6) is 0 Å². The van der Waals surface area contributed by atoms with E-state index in [0.29, 0.717) is 18.8 Å². The molecule has 2 aliphatic rings. The number of aryl methyl sites for hydroxylation is 1. The minimum atomic E-state index is -0.864. The van der Waals surface area contributed by atoms with Gasteiger partial charge in [-0.1, -0.05) is 51.1 Å². The molecule has 0 aromatic heterocycles. The first-order chi connectivity index (χ1) is 13.6. The summed E-state index contributed by atoms with van der Waals surface area (Å²) in [6.07, 6.45) is 3.93. The van der Waals surface area contributed by atoms with Crippen LogP contribution in [0.2, 0.25) is 0 Å². The number of nitrogens with one attached hydrogen (secondary N) is 2. The second kappa shape index (κ2) is 8.17. The molecule has 4 amide bonds. The number of carbonyl (C=O) groups is 3. The lowest BCUT2D eigenvalue weighted by Gasteiger charge is -2.43. The van der Waals surface area contributed by atoms with Crippen LogP contribution in [0.15, 0.2) is 30.3 Å². The Morgan fingerprint density at radius 2 is 1.93 bits per heavy atom. The zero-order chi connectivity index (χ0) is 21.2. The van der Waals surface area contributed by atoms with Crippen molar-refractivity contribution in [3.8, 4) is 0 Å². The lowest BCUT2D eigenvalue weighted by atomic mass is 9.64. The van der Waals surface area contributed by atoms with E-state index in [1.807, 2.05) is 25.1 Å². The highest BCUT2D eigenvalue weighted by Crippen LogP contribution is 2.46. The van der Waals surface area contributed by atoms with E-state index in [1.165, 1.54) is 5.56 Å². The van der Waals surface area contributed by atoms with Gasteiger partial charge < -0.3 is 10.6 Å². The van der Waals surface area contributed by atoms with Gasteiger partial charge in [-0.25, -0.2) is 4.79 Å². The van der Waals surface area contributed by atoms with Gasteiger partial charge in [-0.3, -0.25) is 14.5 Å². The monoisotopic (exact) mass is 399 g/mol. The number of urea groups is 1. The predicted molar refractivity (Wildman–Crippen MR) is 112 cm³/mol. The summed E-state index contributed by atoms with van der Waals surface area (Å²) in [6, 6.07) is 9.62. The lowest BCUT2D eigenvalue weighted by molar-refractivity contribution is -0.137. The molecule has 1 aliphatic heterocycles. The van der Waals surface area contributed by atoms with Crippen molar-refractivity contribution in [1.29, 1.82) is 0 Å². The van der Waals surface area contributed by atoms with Crippen LogP contribution in [-0.2, 0) is 16.0 Å². The molecule has 0 radical (unpaired) electrons. The summed E-state index contributed by atoms with van der Waals surface area (Å²) >= 11 is 0. The van der Waals surface area contributed by atoms with Crippen LogP contribution in [0.4, 0.5) is 4.79 Å². The lowest BCUT2D eigenvalue weighted by Crippen LogP contribution is -2.54. The van der Waals surface area contributed by atoms with Gasteiger partial charge >= 0.3 is 6.03 Å². The van der Waals surface area contributed by atoms with Crippen molar-refractivity contribution in [3.05, 3.63) is 35.9 Å². The first kappa shape index (κ1) is 21.3. The van der Waals surface area contributed by atoms with E-state index in [2.05, 4.69) is 43.5 Å². The molecule has 1 saturated carbocycles. The fraction of sp³-hybridized carbons (Fsp3) is 0.609. The first-order valence-electron chi connectivity index (χ1n) is 10.6. The van der Waals surface area contributed by atoms with Gasteiger partial charge in [0.05, 0.1) is 0 Å². The first-order valence-corrected chi connectivity index (χ1v) is 10.6. The summed E-state index contributed by atoms with van der Waals surface area (Å²) < 4.78 is 0. The number of rotatable bonds is 6. The van der Waals surface area contributed by atoms with Crippen LogP contribution in [0.1, 0.15) is 58.9 Å². The van der Waals surface area contributed by atoms with Gasteiger partial charge in [0.2, 0.25) is 5.91 Å². The summed E-state index contributed by atoms with van der Waals surface area (Å²) in [4.78, 5) is 39.2. The van der Waals surface area contributed by atoms with Gasteiger partial charge in [0.15, 0.2) is 0 Å². The summed E-state index contributed by atoms with van der Waals surface area (Å²) in [7, 11) is 0. The Morgan fingerprint density at radius 3 is 2.59 bits per heavy atom. The zero-order valence-electron chi connectivity index (χ0n) is 18.0. The molecule has 29 heavy (non-hydrogen) atoms. The highest BCUT2D eigenvalue weighted by Gasteiger charge is 2.56. The molecule has 1 aliphatic carbocycles. The van der Waals surface area contributed by atoms with Gasteiger partial charge in [0.1, 0.15) is 12.1 Å². The minimum absolute atomic E-state index is 0.0230. The Hall–Kier alpha value is -2.37. The van der Waals surface area contributed by atoms with Crippen LogP contribution < -0.4 is 10.6 Å². The summed E-state index contributed by atoms with van der Waals surface area (Å²) in [6.45, 7) is 8.10. The smallest absolute Gasteiger partial charge is 0.325 e. The third kappa shape index (κ3) is 4.98. The fourth-order valence-electron chi connectivity index (χ4n) is 5.21. The molecule has 6 heteroatoms. The number of benzene rings is 1.